The predicted octanol–water partition coefficient (Wildman–Crippen LogP) is 3.69. The highest BCUT2D eigenvalue weighted by atomic mass is 32.2. The van der Waals surface area contributed by atoms with Crippen LogP contribution in [0.4, 0.5) is 24.1 Å². The summed E-state index contributed by atoms with van der Waals surface area (Å²) in [6.07, 6.45) is -1.54. The van der Waals surface area contributed by atoms with E-state index < -0.39 is 33.2 Å². The first-order chi connectivity index (χ1) is 15.3. The molecule has 0 spiro atoms. The van der Waals surface area contributed by atoms with E-state index in [1.807, 2.05) is 0 Å². The van der Waals surface area contributed by atoms with E-state index in [-0.39, 0.29) is 22.4 Å². The maximum Gasteiger partial charge on any atom is 0.434 e. The van der Waals surface area contributed by atoms with Crippen molar-refractivity contribution < 1.29 is 26.4 Å². The molecule has 2 N–H and O–H groups in total. The van der Waals surface area contributed by atoms with Gasteiger partial charge in [0.2, 0.25) is 15.9 Å². The minimum absolute atomic E-state index is 0.0138. The molecule has 0 saturated carbocycles. The van der Waals surface area contributed by atoms with Crippen LogP contribution in [0.15, 0.2) is 36.1 Å². The second-order valence-corrected chi connectivity index (χ2v) is 10.2. The molecule has 176 valence electrons. The van der Waals surface area contributed by atoms with Crippen LogP contribution in [-0.2, 0) is 26.4 Å². The Kier molecular flexibility index (Phi) is 6.70. The van der Waals surface area contributed by atoms with Crippen molar-refractivity contribution in [3.63, 3.8) is 0 Å². The fraction of sp³-hybridized carbons (Fsp3) is 0.316. The van der Waals surface area contributed by atoms with Crippen molar-refractivity contribution in [2.75, 3.05) is 15.8 Å². The molecule has 0 radical (unpaired) electrons. The maximum atomic E-state index is 12.8. The van der Waals surface area contributed by atoms with Gasteiger partial charge in [-0.05, 0) is 32.9 Å². The molecule has 0 aliphatic heterocycles. The Morgan fingerprint density at radius 2 is 1.82 bits per heavy atom. The van der Waals surface area contributed by atoms with Gasteiger partial charge in [0.25, 0.3) is 0 Å². The number of carbonyl (C=O) groups is 1. The lowest BCUT2D eigenvalue weighted by atomic mass is 9.89. The molecule has 0 aliphatic carbocycles. The van der Waals surface area contributed by atoms with Gasteiger partial charge in [-0.15, -0.1) is 11.3 Å². The molecular formula is C19H19F3N6O3S2. The molecular weight excluding hydrogens is 481 g/mol. The van der Waals surface area contributed by atoms with E-state index in [1.165, 1.54) is 31.5 Å². The topological polar surface area (TPSA) is 127 Å². The van der Waals surface area contributed by atoms with Crippen molar-refractivity contribution in [1.29, 1.82) is 0 Å². The fourth-order valence-electron chi connectivity index (χ4n) is 2.46. The summed E-state index contributed by atoms with van der Waals surface area (Å²) in [5.74, 6) is -0.407. The predicted molar refractivity (Wildman–Crippen MR) is 117 cm³/mol. The Morgan fingerprint density at radius 1 is 1.09 bits per heavy atom. The van der Waals surface area contributed by atoms with Crippen LogP contribution in [0.2, 0.25) is 0 Å². The van der Waals surface area contributed by atoms with Gasteiger partial charge in [-0.1, -0.05) is 0 Å². The van der Waals surface area contributed by atoms with E-state index in [1.54, 1.807) is 19.2 Å². The highest BCUT2D eigenvalue weighted by Crippen LogP contribution is 2.30. The molecule has 0 bridgehead atoms. The third-order valence-electron chi connectivity index (χ3n) is 4.56. The van der Waals surface area contributed by atoms with E-state index in [0.29, 0.717) is 17.5 Å². The Bertz CT molecular complexity index is 1260. The van der Waals surface area contributed by atoms with Crippen LogP contribution in [0.1, 0.15) is 32.2 Å². The number of hydrogen-bond acceptors (Lipinski definition) is 8. The van der Waals surface area contributed by atoms with E-state index in [2.05, 4.69) is 30.0 Å². The Labute approximate surface area is 191 Å². The lowest BCUT2D eigenvalue weighted by Gasteiger charge is -2.21. The number of nitrogens with zero attached hydrogens (tertiary/aromatic N) is 4. The summed E-state index contributed by atoms with van der Waals surface area (Å²) in [5.41, 5.74) is -1.62. The maximum absolute atomic E-state index is 12.8. The molecule has 0 unspecified atom stereocenters. The van der Waals surface area contributed by atoms with Gasteiger partial charge in [0, 0.05) is 17.1 Å². The van der Waals surface area contributed by atoms with Crippen LogP contribution in [0, 0.1) is 0 Å². The number of sulfonamides is 1. The molecule has 0 aliphatic rings. The van der Waals surface area contributed by atoms with Crippen LogP contribution < -0.4 is 10.0 Å². The molecule has 0 fully saturated rings. The number of amides is 1. The van der Waals surface area contributed by atoms with Crippen LogP contribution in [-0.4, -0.2) is 40.0 Å². The van der Waals surface area contributed by atoms with E-state index in [0.717, 1.165) is 11.3 Å². The first kappa shape index (κ1) is 24.5. The third-order valence-corrected chi connectivity index (χ3v) is 6.71. The van der Waals surface area contributed by atoms with Gasteiger partial charge in [-0.25, -0.2) is 23.4 Å². The minimum Gasteiger partial charge on any atom is -0.310 e. The molecule has 3 aromatic rings. The summed E-state index contributed by atoms with van der Waals surface area (Å²) in [4.78, 5) is 28.2. The standard InChI is InChI=1S/C19H19F3N6O3S2/c1-4-33(30,31)28-17-26-14(10-32-17)18(2,3)16(29)27-15-6-5-11(7-24-15)12-8-23-9-13(25-12)19(20,21)22/h5-10H,4H2,1-3H3,(H,26,28)(H,24,27,29). The molecule has 3 aromatic heterocycles. The van der Waals surface area contributed by atoms with Crippen LogP contribution in [0.25, 0.3) is 11.3 Å². The molecule has 1 amide bonds. The SMILES string of the molecule is CCS(=O)(=O)Nc1nc(C(C)(C)C(=O)Nc2ccc(-c3cncc(C(F)(F)F)n3)cn2)cs1. The number of rotatable bonds is 7. The number of anilines is 2. The molecule has 33 heavy (non-hydrogen) atoms. The van der Waals surface area contributed by atoms with Crippen molar-refractivity contribution in [3.05, 3.63) is 47.5 Å². The number of halogens is 3. The summed E-state index contributed by atoms with van der Waals surface area (Å²) in [7, 11) is -3.50. The van der Waals surface area contributed by atoms with Gasteiger partial charge in [0.1, 0.15) is 5.82 Å². The van der Waals surface area contributed by atoms with Gasteiger partial charge in [0.05, 0.1) is 34.9 Å². The van der Waals surface area contributed by atoms with Crippen LogP contribution in [0.3, 0.4) is 0 Å². The Balaban J connectivity index is 1.73. The highest BCUT2D eigenvalue weighted by molar-refractivity contribution is 7.92. The van der Waals surface area contributed by atoms with Crippen LogP contribution in [0.5, 0.6) is 0 Å². The molecule has 0 saturated heterocycles. The van der Waals surface area contributed by atoms with E-state index in [9.17, 15) is 26.4 Å². The van der Waals surface area contributed by atoms with Gasteiger partial charge in [-0.2, -0.15) is 13.2 Å². The number of nitrogens with one attached hydrogen (secondary N) is 2. The normalized spacial score (nSPS) is 12.4. The van der Waals surface area contributed by atoms with E-state index in [4.69, 9.17) is 0 Å². The monoisotopic (exact) mass is 500 g/mol. The summed E-state index contributed by atoms with van der Waals surface area (Å²) >= 11 is 1.05. The van der Waals surface area contributed by atoms with Gasteiger partial charge in [0.15, 0.2) is 10.8 Å². The van der Waals surface area contributed by atoms with E-state index >= 15 is 0 Å². The van der Waals surface area contributed by atoms with Crippen molar-refractivity contribution in [2.24, 2.45) is 0 Å². The smallest absolute Gasteiger partial charge is 0.310 e. The molecule has 3 rings (SSSR count). The minimum atomic E-state index is -4.62. The highest BCUT2D eigenvalue weighted by Gasteiger charge is 2.34. The lowest BCUT2D eigenvalue weighted by Crippen LogP contribution is -2.35. The number of aromatic nitrogens is 4. The molecule has 3 heterocycles. The van der Waals surface area contributed by atoms with Gasteiger partial charge >= 0.3 is 6.18 Å². The van der Waals surface area contributed by atoms with Crippen molar-refractivity contribution in [2.45, 2.75) is 32.4 Å². The molecule has 0 atom stereocenters. The third kappa shape index (κ3) is 5.82. The zero-order valence-corrected chi connectivity index (χ0v) is 19.3. The second-order valence-electron chi connectivity index (χ2n) is 7.34. The summed E-state index contributed by atoms with van der Waals surface area (Å²) < 4.78 is 64.3. The van der Waals surface area contributed by atoms with Gasteiger partial charge in [-0.3, -0.25) is 14.5 Å². The number of pyridine rings is 1. The fourth-order valence-corrected chi connectivity index (χ4v) is 4.21. The molecule has 9 nitrogen and oxygen atoms in total. The molecule has 0 aromatic carbocycles. The Hall–Kier alpha value is -3.13. The van der Waals surface area contributed by atoms with Crippen LogP contribution >= 0.6 is 11.3 Å². The lowest BCUT2D eigenvalue weighted by molar-refractivity contribution is -0.141. The Morgan fingerprint density at radius 3 is 2.42 bits per heavy atom. The summed E-state index contributed by atoms with van der Waals surface area (Å²) in [6, 6.07) is 2.88. The van der Waals surface area contributed by atoms with Gasteiger partial charge < -0.3 is 5.32 Å². The first-order valence-electron chi connectivity index (χ1n) is 9.45. The van der Waals surface area contributed by atoms with Crippen molar-refractivity contribution in [3.8, 4) is 11.3 Å². The number of carbonyl (C=O) groups excluding carboxylic acids is 1. The number of hydrogen-bond donors (Lipinski definition) is 2. The number of thiazole rings is 1. The first-order valence-corrected chi connectivity index (χ1v) is 12.0. The second kappa shape index (κ2) is 9.02. The summed E-state index contributed by atoms with van der Waals surface area (Å²) in [5, 5.41) is 4.35. The average Bonchev–Trinajstić information content (AvgIpc) is 3.22. The number of alkyl halides is 3. The molecule has 14 heteroatoms. The zero-order chi connectivity index (χ0) is 24.4. The quantitative estimate of drug-likeness (QED) is 0.507. The largest absolute Gasteiger partial charge is 0.434 e. The zero-order valence-electron chi connectivity index (χ0n) is 17.6. The summed E-state index contributed by atoms with van der Waals surface area (Å²) in [6.45, 7) is 4.72. The van der Waals surface area contributed by atoms with Crippen molar-refractivity contribution in [1.82, 2.24) is 19.9 Å². The van der Waals surface area contributed by atoms with Crippen molar-refractivity contribution >= 4 is 38.2 Å². The average molecular weight is 501 g/mol.